The van der Waals surface area contributed by atoms with Crippen molar-refractivity contribution < 1.29 is 4.79 Å². The summed E-state index contributed by atoms with van der Waals surface area (Å²) in [4.78, 5) is 15.6. The lowest BCUT2D eigenvalue weighted by Gasteiger charge is -2.08. The fourth-order valence-corrected chi connectivity index (χ4v) is 1.77. The number of carbonyl (C=O) groups excluding carboxylic acids is 1. The standard InChI is InChI=1S/C13H14N2O/c1-8-4-5-12-11(6-8)13(15-10(3)16)7-9(2)14-12/h4-7H,1-3H3,(H,14,15,16). The first-order valence-electron chi connectivity index (χ1n) is 5.22. The maximum absolute atomic E-state index is 11.1. The minimum absolute atomic E-state index is 0.0617. The largest absolute Gasteiger partial charge is 0.326 e. The van der Waals surface area contributed by atoms with Gasteiger partial charge < -0.3 is 5.32 Å². The van der Waals surface area contributed by atoms with Crippen LogP contribution in [0.25, 0.3) is 10.9 Å². The number of hydrogen-bond acceptors (Lipinski definition) is 2. The maximum atomic E-state index is 11.1. The van der Waals surface area contributed by atoms with Gasteiger partial charge in [0.05, 0.1) is 11.2 Å². The second-order valence-corrected chi connectivity index (χ2v) is 4.01. The molecular formula is C13H14N2O. The van der Waals surface area contributed by atoms with Gasteiger partial charge in [-0.15, -0.1) is 0 Å². The number of benzene rings is 1. The molecule has 0 bridgehead atoms. The van der Waals surface area contributed by atoms with Crippen molar-refractivity contribution in [2.75, 3.05) is 5.32 Å². The molecule has 3 nitrogen and oxygen atoms in total. The van der Waals surface area contributed by atoms with Crippen LogP contribution in [0.1, 0.15) is 18.2 Å². The van der Waals surface area contributed by atoms with Crippen molar-refractivity contribution in [3.63, 3.8) is 0 Å². The van der Waals surface area contributed by atoms with Crippen molar-refractivity contribution in [3.8, 4) is 0 Å². The third-order valence-electron chi connectivity index (χ3n) is 2.40. The minimum atomic E-state index is -0.0617. The molecule has 2 rings (SSSR count). The second-order valence-electron chi connectivity index (χ2n) is 4.01. The molecule has 0 aliphatic heterocycles. The monoisotopic (exact) mass is 214 g/mol. The molecule has 1 heterocycles. The van der Waals surface area contributed by atoms with Crippen molar-refractivity contribution in [2.45, 2.75) is 20.8 Å². The van der Waals surface area contributed by atoms with Crippen LogP contribution >= 0.6 is 0 Å². The lowest BCUT2D eigenvalue weighted by Crippen LogP contribution is -2.07. The highest BCUT2D eigenvalue weighted by Crippen LogP contribution is 2.24. The SMILES string of the molecule is CC(=O)Nc1cc(C)nc2ccc(C)cc12. The maximum Gasteiger partial charge on any atom is 0.221 e. The van der Waals surface area contributed by atoms with Crippen molar-refractivity contribution in [1.82, 2.24) is 4.98 Å². The predicted octanol–water partition coefficient (Wildman–Crippen LogP) is 2.81. The van der Waals surface area contributed by atoms with Gasteiger partial charge in [-0.1, -0.05) is 11.6 Å². The first kappa shape index (κ1) is 10.6. The topological polar surface area (TPSA) is 42.0 Å². The lowest BCUT2D eigenvalue weighted by atomic mass is 10.1. The molecule has 1 N–H and O–H groups in total. The van der Waals surface area contributed by atoms with Crippen LogP contribution in [0.15, 0.2) is 24.3 Å². The van der Waals surface area contributed by atoms with E-state index in [0.29, 0.717) is 0 Å². The van der Waals surface area contributed by atoms with Gasteiger partial charge in [-0.25, -0.2) is 0 Å². The van der Waals surface area contributed by atoms with Crippen LogP contribution in [0.2, 0.25) is 0 Å². The Balaban J connectivity index is 2.69. The van der Waals surface area contributed by atoms with E-state index in [4.69, 9.17) is 0 Å². The molecular weight excluding hydrogens is 200 g/mol. The van der Waals surface area contributed by atoms with Crippen molar-refractivity contribution in [1.29, 1.82) is 0 Å². The highest BCUT2D eigenvalue weighted by atomic mass is 16.1. The van der Waals surface area contributed by atoms with E-state index in [-0.39, 0.29) is 5.91 Å². The Hall–Kier alpha value is -1.90. The highest BCUT2D eigenvalue weighted by molar-refractivity contribution is 6.00. The second kappa shape index (κ2) is 3.93. The van der Waals surface area contributed by atoms with E-state index in [0.717, 1.165) is 27.8 Å². The van der Waals surface area contributed by atoms with Gasteiger partial charge >= 0.3 is 0 Å². The molecule has 0 aliphatic rings. The number of aromatic nitrogens is 1. The Morgan fingerprint density at radius 2 is 2.00 bits per heavy atom. The number of rotatable bonds is 1. The highest BCUT2D eigenvalue weighted by Gasteiger charge is 2.05. The summed E-state index contributed by atoms with van der Waals surface area (Å²) in [7, 11) is 0. The molecule has 0 saturated carbocycles. The average molecular weight is 214 g/mol. The number of nitrogens with zero attached hydrogens (tertiary/aromatic N) is 1. The molecule has 0 fully saturated rings. The minimum Gasteiger partial charge on any atom is -0.326 e. The lowest BCUT2D eigenvalue weighted by molar-refractivity contribution is -0.114. The molecule has 2 aromatic rings. The van der Waals surface area contributed by atoms with Gasteiger partial charge in [0.1, 0.15) is 0 Å². The smallest absolute Gasteiger partial charge is 0.221 e. The zero-order valence-electron chi connectivity index (χ0n) is 9.66. The van der Waals surface area contributed by atoms with E-state index in [1.54, 1.807) is 0 Å². The van der Waals surface area contributed by atoms with Crippen LogP contribution < -0.4 is 5.32 Å². The van der Waals surface area contributed by atoms with E-state index in [2.05, 4.69) is 10.3 Å². The molecule has 1 aromatic heterocycles. The van der Waals surface area contributed by atoms with Crippen molar-refractivity contribution in [3.05, 3.63) is 35.5 Å². The van der Waals surface area contributed by atoms with E-state index in [1.165, 1.54) is 6.92 Å². The van der Waals surface area contributed by atoms with Gasteiger partial charge in [0, 0.05) is 18.0 Å². The van der Waals surface area contributed by atoms with E-state index in [1.807, 2.05) is 38.1 Å². The number of aryl methyl sites for hydroxylation is 2. The third kappa shape index (κ3) is 2.03. The van der Waals surface area contributed by atoms with E-state index >= 15 is 0 Å². The normalized spacial score (nSPS) is 10.4. The Labute approximate surface area is 94.5 Å². The Kier molecular flexibility index (Phi) is 2.60. The number of anilines is 1. The molecule has 0 radical (unpaired) electrons. The summed E-state index contributed by atoms with van der Waals surface area (Å²) in [6, 6.07) is 7.92. The summed E-state index contributed by atoms with van der Waals surface area (Å²) in [5, 5.41) is 3.82. The molecule has 0 atom stereocenters. The van der Waals surface area contributed by atoms with E-state index < -0.39 is 0 Å². The summed E-state index contributed by atoms with van der Waals surface area (Å²) in [6.07, 6.45) is 0. The first-order chi connectivity index (χ1) is 7.56. The summed E-state index contributed by atoms with van der Waals surface area (Å²) >= 11 is 0. The number of hydrogen-bond donors (Lipinski definition) is 1. The number of pyridine rings is 1. The van der Waals surface area contributed by atoms with Crippen LogP contribution in [0.4, 0.5) is 5.69 Å². The van der Waals surface area contributed by atoms with Gasteiger partial charge in [0.15, 0.2) is 0 Å². The summed E-state index contributed by atoms with van der Waals surface area (Å²) in [6.45, 7) is 5.46. The molecule has 0 aliphatic carbocycles. The van der Waals surface area contributed by atoms with Gasteiger partial charge in [-0.05, 0) is 32.0 Å². The van der Waals surface area contributed by atoms with Crippen LogP contribution in [0.3, 0.4) is 0 Å². The fourth-order valence-electron chi connectivity index (χ4n) is 1.77. The molecule has 1 amide bonds. The van der Waals surface area contributed by atoms with Gasteiger partial charge in [-0.3, -0.25) is 9.78 Å². The van der Waals surface area contributed by atoms with Crippen molar-refractivity contribution >= 4 is 22.5 Å². The average Bonchev–Trinajstić information content (AvgIpc) is 2.18. The molecule has 3 heteroatoms. The van der Waals surface area contributed by atoms with Crippen LogP contribution in [-0.4, -0.2) is 10.9 Å². The molecule has 0 spiro atoms. The summed E-state index contributed by atoms with van der Waals surface area (Å²) in [5.74, 6) is -0.0617. The number of carbonyl (C=O) groups is 1. The number of amides is 1. The summed E-state index contributed by atoms with van der Waals surface area (Å²) in [5.41, 5.74) is 3.80. The molecule has 0 unspecified atom stereocenters. The quantitative estimate of drug-likeness (QED) is 0.793. The van der Waals surface area contributed by atoms with Gasteiger partial charge in [0.25, 0.3) is 0 Å². The van der Waals surface area contributed by atoms with E-state index in [9.17, 15) is 4.79 Å². The zero-order valence-corrected chi connectivity index (χ0v) is 9.66. The zero-order chi connectivity index (χ0) is 11.7. The van der Waals surface area contributed by atoms with Crippen LogP contribution in [0, 0.1) is 13.8 Å². The molecule has 16 heavy (non-hydrogen) atoms. The molecule has 82 valence electrons. The van der Waals surface area contributed by atoms with Gasteiger partial charge in [-0.2, -0.15) is 0 Å². The predicted molar refractivity (Wildman–Crippen MR) is 65.5 cm³/mol. The molecule has 0 saturated heterocycles. The fraction of sp³-hybridized carbons (Fsp3) is 0.231. The van der Waals surface area contributed by atoms with Crippen LogP contribution in [0.5, 0.6) is 0 Å². The molecule has 1 aromatic carbocycles. The van der Waals surface area contributed by atoms with Crippen molar-refractivity contribution in [2.24, 2.45) is 0 Å². The summed E-state index contributed by atoms with van der Waals surface area (Å²) < 4.78 is 0. The number of fused-ring (bicyclic) bond motifs is 1. The number of nitrogens with one attached hydrogen (secondary N) is 1. The third-order valence-corrected chi connectivity index (χ3v) is 2.40. The van der Waals surface area contributed by atoms with Crippen LogP contribution in [-0.2, 0) is 4.79 Å². The Bertz CT molecular complexity index is 561. The Morgan fingerprint density at radius 1 is 1.25 bits per heavy atom. The first-order valence-corrected chi connectivity index (χ1v) is 5.22. The Morgan fingerprint density at radius 3 is 2.69 bits per heavy atom. The van der Waals surface area contributed by atoms with Gasteiger partial charge in [0.2, 0.25) is 5.91 Å².